The van der Waals surface area contributed by atoms with Crippen molar-refractivity contribution >= 4 is 22.7 Å². The molecule has 2 aliphatic heterocycles. The number of rotatable bonds is 5. The molecular weight excluding hydrogens is 328 g/mol. The van der Waals surface area contributed by atoms with Gasteiger partial charge in [-0.1, -0.05) is 0 Å². The Morgan fingerprint density at radius 2 is 2.43 bits per heavy atom. The molecule has 4 nitrogen and oxygen atoms in total. The second-order valence-electron chi connectivity index (χ2n) is 6.58. The van der Waals surface area contributed by atoms with Crippen molar-refractivity contribution in [3.05, 3.63) is 38.5 Å². The zero-order chi connectivity index (χ0) is 15.7. The molecule has 6 heteroatoms. The van der Waals surface area contributed by atoms with Crippen molar-refractivity contribution in [2.45, 2.75) is 44.6 Å². The lowest BCUT2D eigenvalue weighted by Gasteiger charge is -2.23. The van der Waals surface area contributed by atoms with Gasteiger partial charge < -0.3 is 9.47 Å². The van der Waals surface area contributed by atoms with Crippen molar-refractivity contribution in [2.24, 2.45) is 0 Å². The summed E-state index contributed by atoms with van der Waals surface area (Å²) in [6.07, 6.45) is 2.33. The number of thiophene rings is 1. The Balaban J connectivity index is 1.28. The third-order valence-electron chi connectivity index (χ3n) is 4.69. The zero-order valence-electron chi connectivity index (χ0n) is 13.4. The number of ether oxygens (including phenoxy) is 2. The molecule has 0 aliphatic carbocycles. The first-order valence-electron chi connectivity index (χ1n) is 8.11. The van der Waals surface area contributed by atoms with Gasteiger partial charge in [-0.05, 0) is 35.7 Å². The van der Waals surface area contributed by atoms with Gasteiger partial charge in [0.25, 0.3) is 0 Å². The Hall–Kier alpha value is -0.790. The van der Waals surface area contributed by atoms with E-state index in [1.807, 2.05) is 6.92 Å². The molecule has 23 heavy (non-hydrogen) atoms. The van der Waals surface area contributed by atoms with Gasteiger partial charge in [0.05, 0.1) is 35.6 Å². The van der Waals surface area contributed by atoms with E-state index in [-0.39, 0.29) is 11.7 Å². The molecular formula is C17H22N2O2S2. The Kier molecular flexibility index (Phi) is 4.52. The summed E-state index contributed by atoms with van der Waals surface area (Å²) in [5, 5.41) is 7.57. The summed E-state index contributed by atoms with van der Waals surface area (Å²) in [6, 6.07) is 2.22. The highest BCUT2D eigenvalue weighted by Gasteiger charge is 2.45. The molecule has 4 rings (SSSR count). The maximum atomic E-state index is 6.18. The maximum absolute atomic E-state index is 6.18. The Morgan fingerprint density at radius 1 is 1.48 bits per heavy atom. The van der Waals surface area contributed by atoms with Crippen molar-refractivity contribution in [1.82, 2.24) is 9.88 Å². The van der Waals surface area contributed by atoms with Crippen molar-refractivity contribution in [2.75, 3.05) is 19.7 Å². The quantitative estimate of drug-likeness (QED) is 0.827. The van der Waals surface area contributed by atoms with Crippen molar-refractivity contribution in [3.8, 4) is 0 Å². The number of aromatic nitrogens is 1. The number of thiazole rings is 1. The Labute approximate surface area is 145 Å². The summed E-state index contributed by atoms with van der Waals surface area (Å²) >= 11 is 3.45. The molecule has 0 saturated carbocycles. The molecule has 0 unspecified atom stereocenters. The first-order chi connectivity index (χ1) is 11.2. The molecule has 4 heterocycles. The fraction of sp³-hybridized carbons (Fsp3) is 0.588. The summed E-state index contributed by atoms with van der Waals surface area (Å²) in [6.45, 7) is 6.54. The largest absolute Gasteiger partial charge is 0.371 e. The predicted octanol–water partition coefficient (Wildman–Crippen LogP) is 3.46. The normalized spacial score (nSPS) is 28.1. The van der Waals surface area contributed by atoms with Crippen LogP contribution in [0.3, 0.4) is 0 Å². The van der Waals surface area contributed by atoms with E-state index >= 15 is 0 Å². The average Bonchev–Trinajstić information content (AvgIpc) is 3.29. The van der Waals surface area contributed by atoms with Gasteiger partial charge in [-0.15, -0.1) is 11.3 Å². The van der Waals surface area contributed by atoms with Crippen LogP contribution in [0.4, 0.5) is 0 Å². The standard InChI is InChI=1S/C17H22N2O2S2/c1-13-18-15(11-23-13)8-20-16-6-17(21-9-16)3-4-19(12-17)7-14-2-5-22-10-14/h2,5,10-11,16H,3-4,6-9,12H2,1H3/t16-,17+/m1/s1. The highest BCUT2D eigenvalue weighted by Crippen LogP contribution is 2.37. The SMILES string of the molecule is Cc1nc(CO[C@H]2CO[C@@]3(CCN(Cc4ccsc4)C3)C2)cs1. The van der Waals surface area contributed by atoms with Crippen LogP contribution in [0.25, 0.3) is 0 Å². The van der Waals surface area contributed by atoms with Gasteiger partial charge in [-0.2, -0.15) is 11.3 Å². The third-order valence-corrected chi connectivity index (χ3v) is 6.24. The second kappa shape index (κ2) is 6.61. The summed E-state index contributed by atoms with van der Waals surface area (Å²) in [5.41, 5.74) is 2.47. The monoisotopic (exact) mass is 350 g/mol. The molecule has 2 aromatic heterocycles. The first kappa shape index (κ1) is 15.7. The van der Waals surface area contributed by atoms with Crippen LogP contribution < -0.4 is 0 Å². The topological polar surface area (TPSA) is 34.6 Å². The van der Waals surface area contributed by atoms with E-state index < -0.39 is 0 Å². The van der Waals surface area contributed by atoms with Crippen LogP contribution in [0.2, 0.25) is 0 Å². The molecule has 2 aromatic rings. The Morgan fingerprint density at radius 3 is 3.22 bits per heavy atom. The summed E-state index contributed by atoms with van der Waals surface area (Å²) in [5.74, 6) is 0. The van der Waals surface area contributed by atoms with Gasteiger partial charge in [0.1, 0.15) is 0 Å². The molecule has 0 radical (unpaired) electrons. The van der Waals surface area contributed by atoms with Gasteiger partial charge in [-0.3, -0.25) is 4.90 Å². The molecule has 2 fully saturated rings. The number of aryl methyl sites for hydroxylation is 1. The number of likely N-dealkylation sites (tertiary alicyclic amines) is 1. The highest BCUT2D eigenvalue weighted by atomic mass is 32.1. The van der Waals surface area contributed by atoms with Crippen LogP contribution in [-0.2, 0) is 22.6 Å². The fourth-order valence-corrected chi connectivity index (χ4v) is 4.83. The van der Waals surface area contributed by atoms with Gasteiger partial charge in [0, 0.05) is 31.4 Å². The van der Waals surface area contributed by atoms with Crippen LogP contribution in [0.5, 0.6) is 0 Å². The molecule has 0 aromatic carbocycles. The van der Waals surface area contributed by atoms with Gasteiger partial charge in [-0.25, -0.2) is 4.98 Å². The molecule has 2 saturated heterocycles. The zero-order valence-corrected chi connectivity index (χ0v) is 15.0. The van der Waals surface area contributed by atoms with E-state index in [0.29, 0.717) is 6.61 Å². The van der Waals surface area contributed by atoms with Crippen LogP contribution >= 0.6 is 22.7 Å². The predicted molar refractivity (Wildman–Crippen MR) is 92.9 cm³/mol. The fourth-order valence-electron chi connectivity index (χ4n) is 3.57. The average molecular weight is 351 g/mol. The smallest absolute Gasteiger partial charge is 0.0901 e. The van der Waals surface area contributed by atoms with Crippen molar-refractivity contribution < 1.29 is 9.47 Å². The van der Waals surface area contributed by atoms with Gasteiger partial charge >= 0.3 is 0 Å². The lowest BCUT2D eigenvalue weighted by Crippen LogP contribution is -2.32. The van der Waals surface area contributed by atoms with E-state index in [1.165, 1.54) is 5.56 Å². The molecule has 0 N–H and O–H groups in total. The highest BCUT2D eigenvalue weighted by molar-refractivity contribution is 7.09. The van der Waals surface area contributed by atoms with Crippen LogP contribution in [0.1, 0.15) is 29.1 Å². The van der Waals surface area contributed by atoms with E-state index in [0.717, 1.165) is 49.8 Å². The maximum Gasteiger partial charge on any atom is 0.0901 e. The van der Waals surface area contributed by atoms with E-state index in [4.69, 9.17) is 9.47 Å². The van der Waals surface area contributed by atoms with E-state index in [9.17, 15) is 0 Å². The van der Waals surface area contributed by atoms with Crippen LogP contribution in [0, 0.1) is 6.92 Å². The minimum Gasteiger partial charge on any atom is -0.371 e. The van der Waals surface area contributed by atoms with Gasteiger partial charge in [0.15, 0.2) is 0 Å². The van der Waals surface area contributed by atoms with E-state index in [1.54, 1.807) is 22.7 Å². The number of nitrogens with zero attached hydrogens (tertiary/aromatic N) is 2. The first-order valence-corrected chi connectivity index (χ1v) is 9.93. The van der Waals surface area contributed by atoms with Crippen molar-refractivity contribution in [3.63, 3.8) is 0 Å². The molecule has 1 spiro atoms. The molecule has 2 aliphatic rings. The number of hydrogen-bond acceptors (Lipinski definition) is 6. The summed E-state index contributed by atoms with van der Waals surface area (Å²) in [4.78, 5) is 6.97. The second-order valence-corrected chi connectivity index (χ2v) is 8.42. The number of hydrogen-bond donors (Lipinski definition) is 0. The minimum absolute atomic E-state index is 0.0126. The Bertz CT molecular complexity index is 643. The van der Waals surface area contributed by atoms with Gasteiger partial charge in [0.2, 0.25) is 0 Å². The van der Waals surface area contributed by atoms with Crippen LogP contribution in [-0.4, -0.2) is 41.3 Å². The van der Waals surface area contributed by atoms with Crippen molar-refractivity contribution in [1.29, 1.82) is 0 Å². The van der Waals surface area contributed by atoms with E-state index in [2.05, 4.69) is 32.1 Å². The lowest BCUT2D eigenvalue weighted by atomic mass is 9.98. The third kappa shape index (κ3) is 3.67. The molecule has 124 valence electrons. The molecule has 2 atom stereocenters. The lowest BCUT2D eigenvalue weighted by molar-refractivity contribution is -0.000744. The van der Waals surface area contributed by atoms with Crippen LogP contribution in [0.15, 0.2) is 22.2 Å². The summed E-state index contributed by atoms with van der Waals surface area (Å²) < 4.78 is 12.2. The molecule has 0 amide bonds. The molecule has 0 bridgehead atoms. The summed E-state index contributed by atoms with van der Waals surface area (Å²) in [7, 11) is 0. The minimum atomic E-state index is 0.0126.